The Morgan fingerprint density at radius 1 is 1.27 bits per heavy atom. The van der Waals surface area contributed by atoms with Crippen molar-refractivity contribution in [3.63, 3.8) is 0 Å². The Morgan fingerprint density at radius 3 is 2.92 bits per heavy atom. The first-order valence-corrected chi connectivity index (χ1v) is 9.10. The lowest BCUT2D eigenvalue weighted by molar-refractivity contribution is -0.115. The van der Waals surface area contributed by atoms with Gasteiger partial charge >= 0.3 is 0 Å². The summed E-state index contributed by atoms with van der Waals surface area (Å²) in [5, 5.41) is 2.84. The van der Waals surface area contributed by atoms with Crippen LogP contribution in [0.5, 0.6) is 0 Å². The highest BCUT2D eigenvalue weighted by atomic mass is 19.1. The van der Waals surface area contributed by atoms with E-state index in [4.69, 9.17) is 0 Å². The molecule has 0 saturated carbocycles. The quantitative estimate of drug-likeness (QED) is 0.828. The highest BCUT2D eigenvalue weighted by Gasteiger charge is 2.28. The Hall–Kier alpha value is -2.69. The van der Waals surface area contributed by atoms with Crippen molar-refractivity contribution >= 4 is 29.2 Å². The number of piperidine rings is 1. The van der Waals surface area contributed by atoms with Crippen LogP contribution in [0.2, 0.25) is 0 Å². The predicted molar refractivity (Wildman–Crippen MR) is 103 cm³/mol. The molecule has 134 valence electrons. The molecule has 1 N–H and O–H groups in total. The molecular weight excluding hydrogens is 329 g/mol. The second-order valence-corrected chi connectivity index (χ2v) is 7.16. The van der Waals surface area contributed by atoms with Crippen LogP contribution < -0.4 is 10.2 Å². The van der Waals surface area contributed by atoms with Gasteiger partial charge in [-0.3, -0.25) is 9.79 Å². The number of hydrogen-bond donors (Lipinski definition) is 1. The van der Waals surface area contributed by atoms with Crippen molar-refractivity contribution in [1.82, 2.24) is 0 Å². The first-order valence-electron chi connectivity index (χ1n) is 9.10. The van der Waals surface area contributed by atoms with E-state index in [1.807, 2.05) is 30.3 Å². The lowest BCUT2D eigenvalue weighted by Gasteiger charge is -2.33. The molecule has 1 fully saturated rings. The number of aliphatic imine (C=N–C) groups is 1. The molecule has 1 saturated heterocycles. The predicted octanol–water partition coefficient (Wildman–Crippen LogP) is 4.50. The Labute approximate surface area is 152 Å². The second-order valence-electron chi connectivity index (χ2n) is 7.16. The third-order valence-electron chi connectivity index (χ3n) is 5.14. The topological polar surface area (TPSA) is 44.7 Å². The maximum atomic E-state index is 14.6. The van der Waals surface area contributed by atoms with E-state index in [2.05, 4.69) is 22.1 Å². The number of carbonyl (C=O) groups excluding carboxylic acids is 1. The van der Waals surface area contributed by atoms with E-state index >= 15 is 0 Å². The summed E-state index contributed by atoms with van der Waals surface area (Å²) in [5.74, 6) is -0.210. The van der Waals surface area contributed by atoms with Crippen LogP contribution in [-0.4, -0.2) is 25.2 Å². The molecule has 2 aliphatic rings. The van der Waals surface area contributed by atoms with E-state index in [-0.39, 0.29) is 11.7 Å². The number of nitrogens with zero attached hydrogens (tertiary/aromatic N) is 2. The first kappa shape index (κ1) is 16.8. The number of halogens is 1. The van der Waals surface area contributed by atoms with Crippen LogP contribution in [0.15, 0.2) is 47.5 Å². The summed E-state index contributed by atoms with van der Waals surface area (Å²) < 4.78 is 14.6. The van der Waals surface area contributed by atoms with Gasteiger partial charge in [0.25, 0.3) is 0 Å². The molecule has 1 amide bonds. The average Bonchev–Trinajstić information content (AvgIpc) is 2.95. The van der Waals surface area contributed by atoms with Gasteiger partial charge in [-0.05, 0) is 42.5 Å². The Bertz CT molecular complexity index is 864. The summed E-state index contributed by atoms with van der Waals surface area (Å²) in [4.78, 5) is 18.6. The van der Waals surface area contributed by atoms with Crippen molar-refractivity contribution in [2.24, 2.45) is 10.9 Å². The fourth-order valence-electron chi connectivity index (χ4n) is 3.78. The summed E-state index contributed by atoms with van der Waals surface area (Å²) in [7, 11) is 0. The molecule has 5 heteroatoms. The maximum Gasteiger partial charge on any atom is 0.237 e. The molecular formula is C21H22FN3O. The zero-order valence-electron chi connectivity index (χ0n) is 14.8. The van der Waals surface area contributed by atoms with E-state index < -0.39 is 5.92 Å². The number of benzene rings is 2. The van der Waals surface area contributed by atoms with Crippen molar-refractivity contribution in [2.45, 2.75) is 25.7 Å². The highest BCUT2D eigenvalue weighted by Crippen LogP contribution is 2.32. The Morgan fingerprint density at radius 2 is 2.12 bits per heavy atom. The lowest BCUT2D eigenvalue weighted by atomic mass is 9.99. The molecule has 4 nitrogen and oxygen atoms in total. The number of carbonyl (C=O) groups is 1. The number of fused-ring (bicyclic) bond motifs is 1. The van der Waals surface area contributed by atoms with Gasteiger partial charge in [0.2, 0.25) is 5.91 Å². The van der Waals surface area contributed by atoms with Crippen molar-refractivity contribution < 1.29 is 9.18 Å². The molecule has 2 aromatic carbocycles. The number of para-hydroxylation sites is 1. The van der Waals surface area contributed by atoms with Crippen LogP contribution in [0.3, 0.4) is 0 Å². The summed E-state index contributed by atoms with van der Waals surface area (Å²) in [5.41, 5.74) is 2.88. The monoisotopic (exact) mass is 351 g/mol. The van der Waals surface area contributed by atoms with E-state index in [0.29, 0.717) is 17.3 Å². The molecule has 0 bridgehead atoms. The number of nitrogens with one attached hydrogen (secondary N) is 1. The van der Waals surface area contributed by atoms with E-state index in [9.17, 15) is 9.18 Å². The van der Waals surface area contributed by atoms with E-state index in [1.165, 1.54) is 12.5 Å². The minimum Gasteiger partial charge on any atom is -0.369 e. The second kappa shape index (κ2) is 6.90. The molecule has 0 aromatic heterocycles. The Kier molecular flexibility index (Phi) is 4.45. The molecule has 26 heavy (non-hydrogen) atoms. The van der Waals surface area contributed by atoms with Crippen LogP contribution in [0, 0.1) is 11.7 Å². The van der Waals surface area contributed by atoms with Gasteiger partial charge in [-0.2, -0.15) is 0 Å². The van der Waals surface area contributed by atoms with Gasteiger partial charge in [-0.25, -0.2) is 4.39 Å². The van der Waals surface area contributed by atoms with Crippen LogP contribution in [0.4, 0.5) is 21.5 Å². The molecule has 2 aromatic rings. The zero-order valence-corrected chi connectivity index (χ0v) is 14.8. The Balaban J connectivity index is 1.53. The van der Waals surface area contributed by atoms with Crippen molar-refractivity contribution in [3.05, 3.63) is 53.8 Å². The molecule has 0 spiro atoms. The smallest absolute Gasteiger partial charge is 0.237 e. The zero-order chi connectivity index (χ0) is 18.1. The third kappa shape index (κ3) is 3.21. The minimum atomic E-state index is -0.433. The minimum absolute atomic E-state index is 0.102. The maximum absolute atomic E-state index is 14.6. The molecule has 2 atom stereocenters. The molecule has 0 aliphatic carbocycles. The van der Waals surface area contributed by atoms with Crippen molar-refractivity contribution in [1.29, 1.82) is 0 Å². The highest BCUT2D eigenvalue weighted by molar-refractivity contribution is 6.12. The van der Waals surface area contributed by atoms with Crippen molar-refractivity contribution in [2.75, 3.05) is 23.3 Å². The normalized spacial score (nSPS) is 22.5. The molecule has 2 heterocycles. The molecule has 4 rings (SSSR count). The largest absolute Gasteiger partial charge is 0.369 e. The van der Waals surface area contributed by atoms with Gasteiger partial charge in [-0.1, -0.05) is 25.1 Å². The third-order valence-corrected chi connectivity index (χ3v) is 5.14. The standard InChI is InChI=1S/C21H22FN3O/c1-14-5-4-10-25(13-14)20-9-8-15(11-18(20)22)23-12-17-16-6-2-3-7-19(16)24-21(17)26/h2-3,6-9,11-12,14,17H,4-5,10,13H2,1H3,(H,24,26). The summed E-state index contributed by atoms with van der Waals surface area (Å²) >= 11 is 0. The van der Waals surface area contributed by atoms with Gasteiger partial charge in [0.05, 0.1) is 11.4 Å². The van der Waals surface area contributed by atoms with E-state index in [0.717, 1.165) is 30.8 Å². The lowest BCUT2D eigenvalue weighted by Crippen LogP contribution is -2.34. The molecule has 2 unspecified atom stereocenters. The van der Waals surface area contributed by atoms with Gasteiger partial charge in [0.1, 0.15) is 11.7 Å². The fraction of sp³-hybridized carbons (Fsp3) is 0.333. The first-order chi connectivity index (χ1) is 12.6. The van der Waals surface area contributed by atoms with Gasteiger partial charge in [-0.15, -0.1) is 0 Å². The summed E-state index contributed by atoms with van der Waals surface area (Å²) in [6.45, 7) is 3.98. The fourth-order valence-corrected chi connectivity index (χ4v) is 3.78. The number of amides is 1. The van der Waals surface area contributed by atoms with Gasteiger partial charge in [0, 0.05) is 31.1 Å². The summed E-state index contributed by atoms with van der Waals surface area (Å²) in [6, 6.07) is 12.6. The molecule has 2 aliphatic heterocycles. The van der Waals surface area contributed by atoms with Crippen molar-refractivity contribution in [3.8, 4) is 0 Å². The number of anilines is 2. The molecule has 0 radical (unpaired) electrons. The SMILES string of the molecule is CC1CCCN(c2ccc(N=CC3C(=O)Nc4ccccc43)cc2F)C1. The van der Waals surface area contributed by atoms with Gasteiger partial charge in [0.15, 0.2) is 0 Å². The van der Waals surface area contributed by atoms with Crippen LogP contribution in [0.25, 0.3) is 0 Å². The van der Waals surface area contributed by atoms with Crippen LogP contribution in [0.1, 0.15) is 31.2 Å². The van der Waals surface area contributed by atoms with Gasteiger partial charge < -0.3 is 10.2 Å². The van der Waals surface area contributed by atoms with Crippen LogP contribution >= 0.6 is 0 Å². The summed E-state index contributed by atoms with van der Waals surface area (Å²) in [6.07, 6.45) is 3.89. The number of hydrogen-bond acceptors (Lipinski definition) is 3. The van der Waals surface area contributed by atoms with E-state index in [1.54, 1.807) is 12.3 Å². The average molecular weight is 351 g/mol. The van der Waals surface area contributed by atoms with Crippen LogP contribution in [-0.2, 0) is 4.79 Å². The number of rotatable bonds is 3.